The van der Waals surface area contributed by atoms with Crippen LogP contribution in [0.5, 0.6) is 0 Å². The number of nitrogens with zero attached hydrogens (tertiary/aromatic N) is 2. The normalized spacial score (nSPS) is 20.7. The standard InChI is InChI=1S/C18H20N2O4S/c1-19(2)8-5-9-20-15(12-6-3-10-24-12)14(17(22)18(20)23)16(21)13-7-4-11-25-13/h3-4,6-7,10-11,14-15H,5,8-9H2,1-2H3. The molecule has 2 atom stereocenters. The van der Waals surface area contributed by atoms with E-state index in [0.29, 0.717) is 23.6 Å². The Bertz CT molecular complexity index is 752. The van der Waals surface area contributed by atoms with E-state index in [-0.39, 0.29) is 5.78 Å². The number of carbonyl (C=O) groups is 3. The van der Waals surface area contributed by atoms with Gasteiger partial charge in [-0.3, -0.25) is 14.4 Å². The summed E-state index contributed by atoms with van der Waals surface area (Å²) in [6, 6.07) is 6.18. The molecular formula is C18H20N2O4S. The van der Waals surface area contributed by atoms with Gasteiger partial charge in [0.05, 0.1) is 11.1 Å². The molecule has 1 saturated heterocycles. The smallest absolute Gasteiger partial charge is 0.291 e. The Hall–Kier alpha value is -2.25. The van der Waals surface area contributed by atoms with Crippen LogP contribution in [0.25, 0.3) is 0 Å². The molecule has 0 bridgehead atoms. The molecule has 3 rings (SSSR count). The van der Waals surface area contributed by atoms with Crippen LogP contribution in [0.15, 0.2) is 40.3 Å². The molecule has 7 heteroatoms. The summed E-state index contributed by atoms with van der Waals surface area (Å²) in [5.41, 5.74) is 0. The third kappa shape index (κ3) is 3.43. The molecule has 1 aliphatic heterocycles. The number of hydrogen-bond acceptors (Lipinski definition) is 6. The minimum atomic E-state index is -1.04. The van der Waals surface area contributed by atoms with E-state index in [2.05, 4.69) is 0 Å². The molecule has 0 radical (unpaired) electrons. The van der Waals surface area contributed by atoms with Gasteiger partial charge in [0, 0.05) is 6.54 Å². The highest BCUT2D eigenvalue weighted by Gasteiger charge is 2.52. The molecule has 0 saturated carbocycles. The summed E-state index contributed by atoms with van der Waals surface area (Å²) in [5, 5.41) is 1.78. The minimum Gasteiger partial charge on any atom is -0.467 e. The second-order valence-electron chi connectivity index (χ2n) is 6.30. The van der Waals surface area contributed by atoms with E-state index in [1.54, 1.807) is 29.6 Å². The quantitative estimate of drug-likeness (QED) is 0.430. The van der Waals surface area contributed by atoms with Gasteiger partial charge in [0.1, 0.15) is 17.7 Å². The molecule has 3 heterocycles. The fraction of sp³-hybridized carbons (Fsp3) is 0.389. The van der Waals surface area contributed by atoms with Crippen LogP contribution >= 0.6 is 11.3 Å². The SMILES string of the molecule is CN(C)CCCN1C(=O)C(=O)C(C(=O)c2cccs2)C1c1ccco1. The van der Waals surface area contributed by atoms with Gasteiger partial charge in [0.2, 0.25) is 5.78 Å². The highest BCUT2D eigenvalue weighted by Crippen LogP contribution is 2.38. The third-order valence-corrected chi connectivity index (χ3v) is 5.18. The second-order valence-corrected chi connectivity index (χ2v) is 7.25. The molecule has 0 aromatic carbocycles. The van der Waals surface area contributed by atoms with E-state index in [4.69, 9.17) is 4.42 Å². The summed E-state index contributed by atoms with van der Waals surface area (Å²) in [5.74, 6) is -2.14. The fourth-order valence-corrected chi connectivity index (χ4v) is 3.84. The van der Waals surface area contributed by atoms with Crippen LogP contribution in [0.4, 0.5) is 0 Å². The van der Waals surface area contributed by atoms with Crippen molar-refractivity contribution in [3.8, 4) is 0 Å². The van der Waals surface area contributed by atoms with E-state index in [0.717, 1.165) is 6.54 Å². The van der Waals surface area contributed by atoms with Crippen molar-refractivity contribution in [3.63, 3.8) is 0 Å². The molecule has 2 aromatic heterocycles. The van der Waals surface area contributed by atoms with Crippen LogP contribution < -0.4 is 0 Å². The van der Waals surface area contributed by atoms with Crippen molar-refractivity contribution in [2.75, 3.05) is 27.2 Å². The Morgan fingerprint density at radius 3 is 2.68 bits per heavy atom. The Balaban J connectivity index is 1.91. The van der Waals surface area contributed by atoms with Gasteiger partial charge in [-0.15, -0.1) is 11.3 Å². The number of rotatable bonds is 7. The Labute approximate surface area is 150 Å². The monoisotopic (exact) mass is 360 g/mol. The first-order chi connectivity index (χ1) is 12.0. The molecule has 6 nitrogen and oxygen atoms in total. The summed E-state index contributed by atoms with van der Waals surface area (Å²) >= 11 is 1.27. The first-order valence-electron chi connectivity index (χ1n) is 8.11. The summed E-state index contributed by atoms with van der Waals surface area (Å²) in [4.78, 5) is 42.0. The Morgan fingerprint density at radius 1 is 1.28 bits per heavy atom. The molecule has 2 unspecified atom stereocenters. The van der Waals surface area contributed by atoms with E-state index >= 15 is 0 Å². The maximum Gasteiger partial charge on any atom is 0.291 e. The van der Waals surface area contributed by atoms with E-state index < -0.39 is 23.7 Å². The predicted molar refractivity (Wildman–Crippen MR) is 93.5 cm³/mol. The van der Waals surface area contributed by atoms with Gasteiger partial charge < -0.3 is 14.2 Å². The molecule has 132 valence electrons. The molecule has 0 aliphatic carbocycles. The second kappa shape index (κ2) is 7.33. The number of thiophene rings is 1. The fourth-order valence-electron chi connectivity index (χ4n) is 3.13. The van der Waals surface area contributed by atoms with Gasteiger partial charge in [-0.05, 0) is 50.6 Å². The first-order valence-corrected chi connectivity index (χ1v) is 8.99. The highest BCUT2D eigenvalue weighted by molar-refractivity contribution is 7.12. The van der Waals surface area contributed by atoms with Crippen LogP contribution in [0.3, 0.4) is 0 Å². The van der Waals surface area contributed by atoms with Gasteiger partial charge in [-0.25, -0.2) is 0 Å². The first kappa shape index (κ1) is 17.6. The van der Waals surface area contributed by atoms with Crippen LogP contribution in [0.1, 0.15) is 27.9 Å². The summed E-state index contributed by atoms with van der Waals surface area (Å²) in [7, 11) is 3.90. The highest BCUT2D eigenvalue weighted by atomic mass is 32.1. The van der Waals surface area contributed by atoms with E-state index in [1.807, 2.05) is 19.0 Å². The van der Waals surface area contributed by atoms with Gasteiger partial charge in [-0.1, -0.05) is 6.07 Å². The van der Waals surface area contributed by atoms with Crippen molar-refractivity contribution in [1.29, 1.82) is 0 Å². The van der Waals surface area contributed by atoms with Crippen molar-refractivity contribution in [2.45, 2.75) is 12.5 Å². The Kier molecular flexibility index (Phi) is 5.15. The summed E-state index contributed by atoms with van der Waals surface area (Å²) in [6.45, 7) is 1.19. The van der Waals surface area contributed by atoms with Crippen molar-refractivity contribution in [3.05, 3.63) is 46.5 Å². The molecule has 1 amide bonds. The van der Waals surface area contributed by atoms with Crippen LogP contribution in [-0.2, 0) is 9.59 Å². The van der Waals surface area contributed by atoms with Gasteiger partial charge in [0.15, 0.2) is 5.78 Å². The maximum atomic E-state index is 12.9. The van der Waals surface area contributed by atoms with Gasteiger partial charge >= 0.3 is 0 Å². The lowest BCUT2D eigenvalue weighted by molar-refractivity contribution is -0.140. The minimum absolute atomic E-state index is 0.315. The number of ketones is 2. The lowest BCUT2D eigenvalue weighted by atomic mass is 9.91. The number of Topliss-reactive ketones (excluding diaryl/α,β-unsaturated/α-hetero) is 2. The molecule has 0 N–H and O–H groups in total. The average molecular weight is 360 g/mol. The summed E-state index contributed by atoms with van der Waals surface area (Å²) in [6.07, 6.45) is 2.20. The molecule has 0 spiro atoms. The van der Waals surface area contributed by atoms with Crippen LogP contribution in [0.2, 0.25) is 0 Å². The lowest BCUT2D eigenvalue weighted by Gasteiger charge is -2.25. The molecule has 1 fully saturated rings. The van der Waals surface area contributed by atoms with Crippen LogP contribution in [0, 0.1) is 5.92 Å². The maximum absolute atomic E-state index is 12.9. The number of carbonyl (C=O) groups excluding carboxylic acids is 3. The zero-order chi connectivity index (χ0) is 18.0. The van der Waals surface area contributed by atoms with Gasteiger partial charge in [0.25, 0.3) is 5.91 Å². The topological polar surface area (TPSA) is 70.8 Å². The number of likely N-dealkylation sites (tertiary alicyclic amines) is 1. The third-order valence-electron chi connectivity index (χ3n) is 4.29. The Morgan fingerprint density at radius 2 is 2.08 bits per heavy atom. The number of amides is 1. The van der Waals surface area contributed by atoms with Crippen molar-refractivity contribution < 1.29 is 18.8 Å². The largest absolute Gasteiger partial charge is 0.467 e. The number of furan rings is 1. The molecular weight excluding hydrogens is 340 g/mol. The van der Waals surface area contributed by atoms with E-state index in [1.165, 1.54) is 22.5 Å². The lowest BCUT2D eigenvalue weighted by Crippen LogP contribution is -2.32. The van der Waals surface area contributed by atoms with Crippen molar-refractivity contribution in [2.24, 2.45) is 5.92 Å². The van der Waals surface area contributed by atoms with Crippen molar-refractivity contribution >= 4 is 28.8 Å². The average Bonchev–Trinajstić information content (AvgIpc) is 3.31. The number of hydrogen-bond donors (Lipinski definition) is 0. The van der Waals surface area contributed by atoms with Crippen molar-refractivity contribution in [1.82, 2.24) is 9.80 Å². The zero-order valence-electron chi connectivity index (χ0n) is 14.2. The van der Waals surface area contributed by atoms with Gasteiger partial charge in [-0.2, -0.15) is 0 Å². The van der Waals surface area contributed by atoms with Crippen LogP contribution in [-0.4, -0.2) is 54.5 Å². The molecule has 2 aromatic rings. The predicted octanol–water partition coefficient (Wildman–Crippen LogP) is 2.24. The molecule has 25 heavy (non-hydrogen) atoms. The van der Waals surface area contributed by atoms with E-state index in [9.17, 15) is 14.4 Å². The zero-order valence-corrected chi connectivity index (χ0v) is 15.0. The summed E-state index contributed by atoms with van der Waals surface area (Å²) < 4.78 is 5.46. The molecule has 1 aliphatic rings.